The van der Waals surface area contributed by atoms with Crippen molar-refractivity contribution in [3.05, 3.63) is 18.7 Å². The van der Waals surface area contributed by atoms with Gasteiger partial charge in [0, 0.05) is 38.3 Å². The van der Waals surface area contributed by atoms with E-state index in [2.05, 4.69) is 31.7 Å². The van der Waals surface area contributed by atoms with E-state index >= 15 is 0 Å². The first-order valence-corrected chi connectivity index (χ1v) is 10.7. The van der Waals surface area contributed by atoms with E-state index < -0.39 is 14.6 Å². The number of hydrogen-bond acceptors (Lipinski definition) is 4. The maximum absolute atomic E-state index is 11.9. The molecule has 0 spiro atoms. The number of nitrogens with one attached hydrogen (secondary N) is 1. The second kappa shape index (κ2) is 7.76. The minimum atomic E-state index is -3.16. The molecule has 1 N–H and O–H groups in total. The van der Waals surface area contributed by atoms with E-state index in [4.69, 9.17) is 0 Å². The molecule has 2 unspecified atom stereocenters. The average Bonchev–Trinajstić information content (AvgIpc) is 3.05. The van der Waals surface area contributed by atoms with Gasteiger partial charge < -0.3 is 14.8 Å². The van der Waals surface area contributed by atoms with Crippen LogP contribution in [0, 0.1) is 5.92 Å². The smallest absolute Gasteiger partial charge is 0.194 e. The maximum Gasteiger partial charge on any atom is 0.194 e. The van der Waals surface area contributed by atoms with Gasteiger partial charge in [-0.3, -0.25) is 4.99 Å². The van der Waals surface area contributed by atoms with Gasteiger partial charge in [0.05, 0.1) is 23.7 Å². The molecule has 1 aliphatic rings. The Morgan fingerprint density at radius 2 is 2.16 bits per heavy atom. The Labute approximate surface area is 151 Å². The molecule has 25 heavy (non-hydrogen) atoms. The maximum atomic E-state index is 11.9. The van der Waals surface area contributed by atoms with Crippen molar-refractivity contribution in [3.8, 4) is 0 Å². The molecule has 1 aromatic rings. The van der Waals surface area contributed by atoms with Crippen LogP contribution in [0.25, 0.3) is 0 Å². The van der Waals surface area contributed by atoms with Crippen LogP contribution in [0.15, 0.2) is 23.7 Å². The fourth-order valence-electron chi connectivity index (χ4n) is 2.90. The van der Waals surface area contributed by atoms with Gasteiger partial charge in [-0.2, -0.15) is 0 Å². The van der Waals surface area contributed by atoms with Crippen LogP contribution in [0.1, 0.15) is 40.2 Å². The van der Waals surface area contributed by atoms with E-state index in [9.17, 15) is 8.42 Å². The van der Waals surface area contributed by atoms with Gasteiger partial charge >= 0.3 is 0 Å². The van der Waals surface area contributed by atoms with Crippen molar-refractivity contribution in [2.24, 2.45) is 10.9 Å². The molecule has 1 saturated heterocycles. The Bertz CT molecular complexity index is 682. The van der Waals surface area contributed by atoms with Crippen molar-refractivity contribution < 1.29 is 8.42 Å². The zero-order chi connectivity index (χ0) is 18.7. The van der Waals surface area contributed by atoms with E-state index in [1.165, 1.54) is 6.26 Å². The number of sulfone groups is 1. The van der Waals surface area contributed by atoms with Crippen LogP contribution in [-0.4, -0.2) is 66.0 Å². The van der Waals surface area contributed by atoms with Crippen molar-refractivity contribution >= 4 is 15.8 Å². The Balaban J connectivity index is 2.17. The molecule has 7 nitrogen and oxygen atoms in total. The molecule has 2 rings (SSSR count). The third-order valence-electron chi connectivity index (χ3n) is 5.07. The highest BCUT2D eigenvalue weighted by molar-refractivity contribution is 7.92. The van der Waals surface area contributed by atoms with Gasteiger partial charge in [0.2, 0.25) is 0 Å². The summed E-state index contributed by atoms with van der Waals surface area (Å²) in [5.74, 6) is 1.34. The normalized spacial score (nSPS) is 22.9. The summed E-state index contributed by atoms with van der Waals surface area (Å²) in [6, 6.07) is 0.336. The Kier molecular flexibility index (Phi) is 6.13. The number of likely N-dealkylation sites (tertiary alicyclic amines) is 1. The van der Waals surface area contributed by atoms with Crippen LogP contribution in [-0.2, 0) is 9.84 Å². The molecule has 8 heteroatoms. The van der Waals surface area contributed by atoms with E-state index in [-0.39, 0.29) is 6.54 Å². The summed E-state index contributed by atoms with van der Waals surface area (Å²) in [7, 11) is -3.16. The Hall–Kier alpha value is -1.57. The Morgan fingerprint density at radius 3 is 2.72 bits per heavy atom. The van der Waals surface area contributed by atoms with Crippen LogP contribution in [0.3, 0.4) is 0 Å². The first-order valence-electron chi connectivity index (χ1n) is 8.86. The molecule has 0 saturated carbocycles. The van der Waals surface area contributed by atoms with Crippen molar-refractivity contribution in [2.75, 3.05) is 32.4 Å². The third-order valence-corrected chi connectivity index (χ3v) is 7.21. The van der Waals surface area contributed by atoms with Gasteiger partial charge in [-0.25, -0.2) is 13.4 Å². The third kappa shape index (κ3) is 4.74. The molecule has 0 aliphatic carbocycles. The summed E-state index contributed by atoms with van der Waals surface area (Å²) < 4.78 is 25.2. The number of hydrogen-bond donors (Lipinski definition) is 1. The first-order chi connectivity index (χ1) is 11.7. The van der Waals surface area contributed by atoms with Crippen LogP contribution >= 0.6 is 0 Å². The minimum absolute atomic E-state index is 0.246. The van der Waals surface area contributed by atoms with E-state index in [1.807, 2.05) is 19.4 Å². The molecule has 1 fully saturated rings. The number of aliphatic imine (C=N–C) groups is 1. The second-order valence-electron chi connectivity index (χ2n) is 7.49. The molecule has 0 radical (unpaired) electrons. The molecule has 2 atom stereocenters. The lowest BCUT2D eigenvalue weighted by Gasteiger charge is -2.39. The zero-order valence-electron chi connectivity index (χ0n) is 15.9. The van der Waals surface area contributed by atoms with Crippen molar-refractivity contribution in [2.45, 2.75) is 44.9 Å². The van der Waals surface area contributed by atoms with Crippen LogP contribution in [0.2, 0.25) is 0 Å². The highest BCUT2D eigenvalue weighted by Gasteiger charge is 2.32. The minimum Gasteiger partial charge on any atom is -0.357 e. The molecule has 0 amide bonds. The lowest BCUT2D eigenvalue weighted by Crippen LogP contribution is -2.49. The standard InChI is InChI=1S/C17H31N5O2S/c1-6-19-16(20-12-17(3,4)25(5,23)24)21-9-7-14(2)15(11-21)22-10-8-18-13-22/h8,10,13-15H,6-7,9,11-12H2,1-5H3,(H,19,20). The lowest BCUT2D eigenvalue weighted by atomic mass is 9.93. The molecule has 2 heterocycles. The number of guanidine groups is 1. The van der Waals surface area contributed by atoms with Crippen molar-refractivity contribution in [1.82, 2.24) is 19.8 Å². The molecular formula is C17H31N5O2S. The number of aromatic nitrogens is 2. The number of nitrogens with zero attached hydrogens (tertiary/aromatic N) is 4. The van der Waals surface area contributed by atoms with E-state index in [1.54, 1.807) is 20.0 Å². The second-order valence-corrected chi connectivity index (χ2v) is 10.1. The van der Waals surface area contributed by atoms with Gasteiger partial charge in [-0.1, -0.05) is 6.92 Å². The van der Waals surface area contributed by atoms with E-state index in [0.717, 1.165) is 32.0 Å². The summed E-state index contributed by atoms with van der Waals surface area (Å²) in [6.45, 7) is 10.5. The first kappa shape index (κ1) is 19.8. The highest BCUT2D eigenvalue weighted by atomic mass is 32.2. The number of rotatable bonds is 5. The summed E-state index contributed by atoms with van der Waals surface area (Å²) in [5, 5.41) is 3.31. The fraction of sp³-hybridized carbons (Fsp3) is 0.765. The summed E-state index contributed by atoms with van der Waals surface area (Å²) in [4.78, 5) is 11.0. The largest absolute Gasteiger partial charge is 0.357 e. The Morgan fingerprint density at radius 1 is 1.44 bits per heavy atom. The lowest BCUT2D eigenvalue weighted by molar-refractivity contribution is 0.189. The van der Waals surface area contributed by atoms with Crippen molar-refractivity contribution in [1.29, 1.82) is 0 Å². The van der Waals surface area contributed by atoms with Gasteiger partial charge in [-0.05, 0) is 33.1 Å². The molecule has 1 aromatic heterocycles. The predicted molar refractivity (Wildman–Crippen MR) is 102 cm³/mol. The van der Waals surface area contributed by atoms with Crippen LogP contribution < -0.4 is 5.32 Å². The summed E-state index contributed by atoms with van der Waals surface area (Å²) in [6.07, 6.45) is 8.00. The quantitative estimate of drug-likeness (QED) is 0.629. The fourth-order valence-corrected chi connectivity index (χ4v) is 3.20. The summed E-state index contributed by atoms with van der Waals surface area (Å²) >= 11 is 0. The van der Waals surface area contributed by atoms with E-state index in [0.29, 0.717) is 12.0 Å². The van der Waals surface area contributed by atoms with Gasteiger partial charge in [0.15, 0.2) is 15.8 Å². The molecule has 142 valence electrons. The highest BCUT2D eigenvalue weighted by Crippen LogP contribution is 2.27. The number of piperidine rings is 1. The van der Waals surface area contributed by atoms with Gasteiger partial charge in [0.1, 0.15) is 0 Å². The van der Waals surface area contributed by atoms with Gasteiger partial charge in [0.25, 0.3) is 0 Å². The topological polar surface area (TPSA) is 79.6 Å². The monoisotopic (exact) mass is 369 g/mol. The summed E-state index contributed by atoms with van der Waals surface area (Å²) in [5.41, 5.74) is 0. The molecule has 1 aliphatic heterocycles. The van der Waals surface area contributed by atoms with Gasteiger partial charge in [-0.15, -0.1) is 0 Å². The zero-order valence-corrected chi connectivity index (χ0v) is 16.8. The molecule has 0 bridgehead atoms. The van der Waals surface area contributed by atoms with Crippen LogP contribution in [0.5, 0.6) is 0 Å². The average molecular weight is 370 g/mol. The van der Waals surface area contributed by atoms with Crippen LogP contribution in [0.4, 0.5) is 0 Å². The SMILES string of the molecule is CCNC(=NCC(C)(C)S(C)(=O)=O)N1CCC(C)C(n2ccnc2)C1. The molecular weight excluding hydrogens is 338 g/mol. The molecule has 0 aromatic carbocycles. The number of imidazole rings is 1. The predicted octanol–water partition coefficient (Wildman–Crippen LogP) is 1.55. The van der Waals surface area contributed by atoms with Crippen molar-refractivity contribution in [3.63, 3.8) is 0 Å².